The molecule has 0 saturated carbocycles. The molecule has 0 radical (unpaired) electrons. The standard InChI is InChI=1S/C22H35NO5/c1-8-14(3)20(25)27-18-11-10-16(17(24)13-23-22(5,6)7)12-19(18)28-21(26)15(4)9-2/h10-12,14-15,17,23-24H,8-9,13H2,1-7H3/t14?,15?,17-/m0/s1. The van der Waals surface area contributed by atoms with Crippen LogP contribution in [-0.4, -0.2) is 29.1 Å². The van der Waals surface area contributed by atoms with Gasteiger partial charge in [0.15, 0.2) is 11.5 Å². The average Bonchev–Trinajstić information content (AvgIpc) is 2.65. The van der Waals surface area contributed by atoms with Gasteiger partial charge < -0.3 is 19.9 Å². The highest BCUT2D eigenvalue weighted by Gasteiger charge is 2.22. The topological polar surface area (TPSA) is 84.9 Å². The van der Waals surface area contributed by atoms with Crippen LogP contribution in [0.25, 0.3) is 0 Å². The van der Waals surface area contributed by atoms with Crippen LogP contribution in [0, 0.1) is 11.8 Å². The molecule has 3 atom stereocenters. The summed E-state index contributed by atoms with van der Waals surface area (Å²) in [7, 11) is 0. The van der Waals surface area contributed by atoms with E-state index in [1.807, 2.05) is 34.6 Å². The molecule has 1 aromatic rings. The molecule has 0 amide bonds. The molecule has 28 heavy (non-hydrogen) atoms. The van der Waals surface area contributed by atoms with Crippen LogP contribution in [0.1, 0.15) is 73.0 Å². The summed E-state index contributed by atoms with van der Waals surface area (Å²) in [6, 6.07) is 4.80. The van der Waals surface area contributed by atoms with Gasteiger partial charge in [-0.15, -0.1) is 0 Å². The highest BCUT2D eigenvalue weighted by Crippen LogP contribution is 2.32. The summed E-state index contributed by atoms with van der Waals surface area (Å²) in [5, 5.41) is 13.7. The van der Waals surface area contributed by atoms with E-state index >= 15 is 0 Å². The number of benzene rings is 1. The molecule has 6 heteroatoms. The van der Waals surface area contributed by atoms with E-state index in [9.17, 15) is 14.7 Å². The van der Waals surface area contributed by atoms with Gasteiger partial charge in [0.25, 0.3) is 0 Å². The van der Waals surface area contributed by atoms with Crippen molar-refractivity contribution in [3.05, 3.63) is 23.8 Å². The van der Waals surface area contributed by atoms with Gasteiger partial charge in [-0.1, -0.05) is 33.8 Å². The Labute approximate surface area is 168 Å². The fraction of sp³-hybridized carbons (Fsp3) is 0.636. The lowest BCUT2D eigenvalue weighted by atomic mass is 10.1. The van der Waals surface area contributed by atoms with Crippen LogP contribution in [0.3, 0.4) is 0 Å². The molecule has 1 aromatic carbocycles. The summed E-state index contributed by atoms with van der Waals surface area (Å²) < 4.78 is 10.9. The molecule has 6 nitrogen and oxygen atoms in total. The van der Waals surface area contributed by atoms with Gasteiger partial charge in [-0.2, -0.15) is 0 Å². The number of esters is 2. The first-order valence-corrected chi connectivity index (χ1v) is 9.98. The average molecular weight is 394 g/mol. The number of ether oxygens (including phenoxy) is 2. The fourth-order valence-corrected chi connectivity index (χ4v) is 2.17. The van der Waals surface area contributed by atoms with Crippen molar-refractivity contribution < 1.29 is 24.2 Å². The minimum absolute atomic E-state index is 0.140. The van der Waals surface area contributed by atoms with Crippen LogP contribution in [0.15, 0.2) is 18.2 Å². The normalized spacial score (nSPS) is 14.9. The van der Waals surface area contributed by atoms with Gasteiger partial charge in [-0.05, 0) is 51.3 Å². The van der Waals surface area contributed by atoms with Crippen molar-refractivity contribution in [1.82, 2.24) is 5.32 Å². The Balaban J connectivity index is 3.11. The maximum absolute atomic E-state index is 12.3. The zero-order valence-corrected chi connectivity index (χ0v) is 18.2. The van der Waals surface area contributed by atoms with Crippen molar-refractivity contribution >= 4 is 11.9 Å². The third-order valence-electron chi connectivity index (χ3n) is 4.63. The van der Waals surface area contributed by atoms with E-state index in [4.69, 9.17) is 9.47 Å². The van der Waals surface area contributed by atoms with Crippen LogP contribution in [0.5, 0.6) is 11.5 Å². The smallest absolute Gasteiger partial charge is 0.314 e. The quantitative estimate of drug-likeness (QED) is 0.487. The molecule has 0 aliphatic carbocycles. The molecule has 0 saturated heterocycles. The summed E-state index contributed by atoms with van der Waals surface area (Å²) >= 11 is 0. The highest BCUT2D eigenvalue weighted by atomic mass is 16.6. The number of hydrogen-bond donors (Lipinski definition) is 2. The third-order valence-corrected chi connectivity index (χ3v) is 4.63. The lowest BCUT2D eigenvalue weighted by Gasteiger charge is -2.23. The number of hydrogen-bond acceptors (Lipinski definition) is 6. The largest absolute Gasteiger partial charge is 0.422 e. The maximum atomic E-state index is 12.3. The van der Waals surface area contributed by atoms with Gasteiger partial charge in [0.2, 0.25) is 0 Å². The maximum Gasteiger partial charge on any atom is 0.314 e. The summed E-state index contributed by atoms with van der Waals surface area (Å²) in [6.07, 6.45) is 0.494. The number of carbonyl (C=O) groups is 2. The lowest BCUT2D eigenvalue weighted by Crippen LogP contribution is -2.38. The minimum atomic E-state index is -0.792. The van der Waals surface area contributed by atoms with Crippen molar-refractivity contribution in [2.24, 2.45) is 11.8 Å². The SMILES string of the molecule is CCC(C)C(=O)Oc1ccc([C@@H](O)CNC(C)(C)C)cc1OC(=O)C(C)CC. The fourth-order valence-electron chi connectivity index (χ4n) is 2.17. The van der Waals surface area contributed by atoms with E-state index in [0.717, 1.165) is 0 Å². The second kappa shape index (κ2) is 10.6. The number of carbonyl (C=O) groups excluding carboxylic acids is 2. The lowest BCUT2D eigenvalue weighted by molar-refractivity contribution is -0.141. The zero-order chi connectivity index (χ0) is 21.5. The van der Waals surface area contributed by atoms with E-state index in [0.29, 0.717) is 24.9 Å². The molecule has 0 spiro atoms. The number of β-amino-alcohol motifs (C(OH)–C–C–N with tert-alkyl or cyclic N) is 1. The van der Waals surface area contributed by atoms with E-state index in [-0.39, 0.29) is 34.8 Å². The van der Waals surface area contributed by atoms with E-state index < -0.39 is 12.1 Å². The van der Waals surface area contributed by atoms with Gasteiger partial charge in [0.05, 0.1) is 17.9 Å². The summed E-state index contributed by atoms with van der Waals surface area (Å²) in [5.41, 5.74) is 0.436. The molecule has 0 heterocycles. The summed E-state index contributed by atoms with van der Waals surface area (Å²) in [6.45, 7) is 13.7. The first kappa shape index (κ1) is 24.1. The second-order valence-corrected chi connectivity index (χ2v) is 8.31. The van der Waals surface area contributed by atoms with Crippen LogP contribution < -0.4 is 14.8 Å². The van der Waals surface area contributed by atoms with Gasteiger partial charge in [0, 0.05) is 12.1 Å². The van der Waals surface area contributed by atoms with Crippen molar-refractivity contribution in [1.29, 1.82) is 0 Å². The molecule has 2 N–H and O–H groups in total. The Morgan fingerprint density at radius 1 is 1.00 bits per heavy atom. The molecule has 1 rings (SSSR count). The third kappa shape index (κ3) is 7.60. The highest BCUT2D eigenvalue weighted by molar-refractivity contribution is 5.78. The molecule has 2 unspecified atom stereocenters. The predicted molar refractivity (Wildman–Crippen MR) is 109 cm³/mol. The molecule has 0 fully saturated rings. The molecular weight excluding hydrogens is 358 g/mol. The first-order valence-electron chi connectivity index (χ1n) is 9.98. The monoisotopic (exact) mass is 393 g/mol. The van der Waals surface area contributed by atoms with E-state index in [1.165, 1.54) is 0 Å². The Hall–Kier alpha value is -1.92. The summed E-state index contributed by atoms with van der Waals surface area (Å²) in [4.78, 5) is 24.5. The van der Waals surface area contributed by atoms with Crippen LogP contribution in [0.2, 0.25) is 0 Å². The van der Waals surface area contributed by atoms with Crippen LogP contribution in [0.4, 0.5) is 0 Å². The van der Waals surface area contributed by atoms with Gasteiger partial charge in [-0.25, -0.2) is 0 Å². The van der Waals surface area contributed by atoms with Crippen molar-refractivity contribution in [2.45, 2.75) is 73.0 Å². The molecule has 0 aromatic heterocycles. The van der Waals surface area contributed by atoms with Gasteiger partial charge in [-0.3, -0.25) is 9.59 Å². The van der Waals surface area contributed by atoms with Gasteiger partial charge in [0.1, 0.15) is 0 Å². The molecule has 0 aliphatic rings. The molecule has 0 aliphatic heterocycles. The Morgan fingerprint density at radius 3 is 1.96 bits per heavy atom. The van der Waals surface area contributed by atoms with E-state index in [2.05, 4.69) is 5.32 Å². The zero-order valence-electron chi connectivity index (χ0n) is 18.2. The molecular formula is C22H35NO5. The van der Waals surface area contributed by atoms with Crippen molar-refractivity contribution in [3.63, 3.8) is 0 Å². The Morgan fingerprint density at radius 2 is 1.50 bits per heavy atom. The summed E-state index contributed by atoms with van der Waals surface area (Å²) in [5.74, 6) is -1.00. The second-order valence-electron chi connectivity index (χ2n) is 8.31. The first-order chi connectivity index (χ1) is 13.0. The van der Waals surface area contributed by atoms with Crippen LogP contribution in [-0.2, 0) is 9.59 Å². The van der Waals surface area contributed by atoms with Crippen molar-refractivity contribution in [2.75, 3.05) is 6.54 Å². The Kier molecular flexibility index (Phi) is 9.11. The Bertz CT molecular complexity index is 665. The molecule has 0 bridgehead atoms. The predicted octanol–water partition coefficient (Wildman–Crippen LogP) is 4.01. The minimum Gasteiger partial charge on any atom is -0.422 e. The van der Waals surface area contributed by atoms with E-state index in [1.54, 1.807) is 32.0 Å². The number of nitrogens with one attached hydrogen (secondary N) is 1. The number of aliphatic hydroxyl groups is 1. The van der Waals surface area contributed by atoms with Crippen molar-refractivity contribution in [3.8, 4) is 11.5 Å². The van der Waals surface area contributed by atoms with Gasteiger partial charge >= 0.3 is 11.9 Å². The number of rotatable bonds is 9. The number of aliphatic hydroxyl groups excluding tert-OH is 1. The molecule has 158 valence electrons. The van der Waals surface area contributed by atoms with Crippen LogP contribution >= 0.6 is 0 Å².